The highest BCUT2D eigenvalue weighted by molar-refractivity contribution is 7.92. The fraction of sp³-hybridized carbons (Fsp3) is 0.333. The van der Waals surface area contributed by atoms with Crippen LogP contribution in [-0.2, 0) is 32.3 Å². The maximum absolute atomic E-state index is 14.1. The van der Waals surface area contributed by atoms with Crippen LogP contribution in [0.15, 0.2) is 65.6 Å². The summed E-state index contributed by atoms with van der Waals surface area (Å²) in [6, 6.07) is 11.8. The molecule has 7 nitrogen and oxygen atoms in total. The molecular formula is C30H31Cl3F3N3O4S. The molecule has 0 aliphatic rings. The van der Waals surface area contributed by atoms with Gasteiger partial charge in [0.2, 0.25) is 11.8 Å². The lowest BCUT2D eigenvalue weighted by atomic mass is 10.1. The van der Waals surface area contributed by atoms with Crippen molar-refractivity contribution in [2.24, 2.45) is 0 Å². The van der Waals surface area contributed by atoms with E-state index in [1.165, 1.54) is 41.3 Å². The number of rotatable bonds is 12. The largest absolute Gasteiger partial charge is 0.417 e. The Bertz CT molecular complexity index is 1600. The van der Waals surface area contributed by atoms with Gasteiger partial charge in [0.05, 0.1) is 31.2 Å². The number of aryl methyl sites for hydroxylation is 1. The van der Waals surface area contributed by atoms with Crippen molar-refractivity contribution in [3.63, 3.8) is 0 Å². The van der Waals surface area contributed by atoms with Gasteiger partial charge in [0.15, 0.2) is 0 Å². The van der Waals surface area contributed by atoms with Crippen molar-refractivity contribution in [2.75, 3.05) is 17.4 Å². The molecule has 0 aromatic heterocycles. The second-order valence-electron chi connectivity index (χ2n) is 9.97. The Labute approximate surface area is 269 Å². The summed E-state index contributed by atoms with van der Waals surface area (Å²) in [5, 5.41) is 2.57. The van der Waals surface area contributed by atoms with Gasteiger partial charge in [-0.15, -0.1) is 0 Å². The van der Waals surface area contributed by atoms with Crippen molar-refractivity contribution in [2.45, 2.75) is 57.3 Å². The van der Waals surface area contributed by atoms with E-state index in [9.17, 15) is 31.2 Å². The Morgan fingerprint density at radius 3 is 2.11 bits per heavy atom. The van der Waals surface area contributed by atoms with Crippen LogP contribution < -0.4 is 9.62 Å². The summed E-state index contributed by atoms with van der Waals surface area (Å²) < 4.78 is 69.9. The predicted molar refractivity (Wildman–Crippen MR) is 167 cm³/mol. The van der Waals surface area contributed by atoms with Crippen molar-refractivity contribution in [3.8, 4) is 0 Å². The molecule has 0 saturated heterocycles. The van der Waals surface area contributed by atoms with Crippen LogP contribution in [0, 0.1) is 6.92 Å². The highest BCUT2D eigenvalue weighted by Gasteiger charge is 2.37. The molecule has 238 valence electrons. The summed E-state index contributed by atoms with van der Waals surface area (Å²) in [4.78, 5) is 28.2. The van der Waals surface area contributed by atoms with E-state index in [4.69, 9.17) is 34.8 Å². The lowest BCUT2D eigenvalue weighted by molar-refractivity contribution is -0.140. The fourth-order valence-electron chi connectivity index (χ4n) is 4.37. The molecule has 0 bridgehead atoms. The molecular weight excluding hydrogens is 662 g/mol. The number of hydrogen-bond acceptors (Lipinski definition) is 4. The van der Waals surface area contributed by atoms with E-state index in [0.717, 1.165) is 17.7 Å². The normalized spacial score (nSPS) is 12.5. The second kappa shape index (κ2) is 14.9. The van der Waals surface area contributed by atoms with Crippen molar-refractivity contribution in [3.05, 3.63) is 92.4 Å². The Balaban J connectivity index is 2.15. The smallest absolute Gasteiger partial charge is 0.354 e. The zero-order chi connectivity index (χ0) is 32.8. The minimum atomic E-state index is -4.90. The van der Waals surface area contributed by atoms with Gasteiger partial charge in [-0.05, 0) is 67.8 Å². The summed E-state index contributed by atoms with van der Waals surface area (Å²) in [5.74, 6) is -1.31. The summed E-state index contributed by atoms with van der Waals surface area (Å²) in [5.41, 5.74) is -0.470. The number of carbonyl (C=O) groups is 2. The van der Waals surface area contributed by atoms with Gasteiger partial charge in [0.1, 0.15) is 12.6 Å². The first-order valence-corrected chi connectivity index (χ1v) is 16.1. The van der Waals surface area contributed by atoms with Crippen molar-refractivity contribution >= 4 is 62.3 Å². The molecule has 1 atom stereocenters. The number of alkyl halides is 3. The van der Waals surface area contributed by atoms with Crippen LogP contribution in [0.5, 0.6) is 0 Å². The number of hydrogen-bond donors (Lipinski definition) is 1. The molecule has 0 aliphatic carbocycles. The van der Waals surface area contributed by atoms with Crippen molar-refractivity contribution in [1.82, 2.24) is 10.2 Å². The first-order chi connectivity index (χ1) is 20.6. The molecule has 0 radical (unpaired) electrons. The zero-order valence-electron chi connectivity index (χ0n) is 24.1. The van der Waals surface area contributed by atoms with E-state index in [1.54, 1.807) is 19.9 Å². The highest BCUT2D eigenvalue weighted by atomic mass is 35.5. The molecule has 3 rings (SSSR count). The van der Waals surface area contributed by atoms with Crippen LogP contribution in [0.4, 0.5) is 18.9 Å². The Hall–Kier alpha value is -2.99. The predicted octanol–water partition coefficient (Wildman–Crippen LogP) is 7.50. The molecule has 1 N–H and O–H groups in total. The SMILES string of the molecule is CCCNC(=O)C(CC)N(Cc1ccc(Cl)c(Cl)c1)C(=O)CN(c1ccc(Cl)c(C(F)(F)F)c1)S(=O)(=O)c1ccc(C)cc1. The maximum atomic E-state index is 14.1. The topological polar surface area (TPSA) is 86.8 Å². The van der Waals surface area contributed by atoms with Crippen LogP contribution in [0.25, 0.3) is 0 Å². The van der Waals surface area contributed by atoms with Crippen molar-refractivity contribution < 1.29 is 31.2 Å². The van der Waals surface area contributed by atoms with E-state index < -0.39 is 56.9 Å². The van der Waals surface area contributed by atoms with E-state index in [-0.39, 0.29) is 27.9 Å². The number of amides is 2. The van der Waals surface area contributed by atoms with Gasteiger partial charge in [-0.25, -0.2) is 8.42 Å². The molecule has 3 aromatic carbocycles. The highest BCUT2D eigenvalue weighted by Crippen LogP contribution is 2.38. The summed E-state index contributed by atoms with van der Waals surface area (Å²) in [6.07, 6.45) is -4.11. The maximum Gasteiger partial charge on any atom is 0.417 e. The molecule has 0 heterocycles. The van der Waals surface area contributed by atoms with E-state index in [2.05, 4.69) is 5.32 Å². The minimum absolute atomic E-state index is 0.159. The monoisotopic (exact) mass is 691 g/mol. The van der Waals surface area contributed by atoms with Gasteiger partial charge in [-0.1, -0.05) is 72.4 Å². The standard InChI is InChI=1S/C30H31Cl3F3N3O4S/c1-4-14-37-29(41)27(5-2)38(17-20-8-12-25(32)26(33)15-20)28(40)18-39(44(42,43)22-10-6-19(3)7-11-22)21-9-13-24(31)23(16-21)30(34,35)36/h6-13,15-16,27H,4-5,14,17-18H2,1-3H3,(H,37,41). The number of carbonyl (C=O) groups excluding carboxylic acids is 2. The van der Waals surface area contributed by atoms with Gasteiger partial charge >= 0.3 is 6.18 Å². The zero-order valence-corrected chi connectivity index (χ0v) is 27.2. The van der Waals surface area contributed by atoms with Crippen LogP contribution in [0.1, 0.15) is 43.4 Å². The third-order valence-electron chi connectivity index (χ3n) is 6.70. The minimum Gasteiger partial charge on any atom is -0.354 e. The van der Waals surface area contributed by atoms with Crippen LogP contribution >= 0.6 is 34.8 Å². The number of nitrogens with zero attached hydrogens (tertiary/aromatic N) is 2. The van der Waals surface area contributed by atoms with Gasteiger partial charge in [0, 0.05) is 13.1 Å². The van der Waals surface area contributed by atoms with E-state index in [1.807, 2.05) is 6.92 Å². The number of benzene rings is 3. The number of halogens is 6. The average molecular weight is 693 g/mol. The fourth-order valence-corrected chi connectivity index (χ4v) is 6.32. The Morgan fingerprint density at radius 1 is 0.909 bits per heavy atom. The first-order valence-electron chi connectivity index (χ1n) is 13.6. The Kier molecular flexibility index (Phi) is 12.0. The molecule has 0 saturated carbocycles. The number of sulfonamides is 1. The third kappa shape index (κ3) is 8.59. The molecule has 0 spiro atoms. The van der Waals surface area contributed by atoms with E-state index in [0.29, 0.717) is 28.9 Å². The summed E-state index contributed by atoms with van der Waals surface area (Å²) in [6.45, 7) is 4.52. The van der Waals surface area contributed by atoms with Gasteiger partial charge in [-0.3, -0.25) is 13.9 Å². The molecule has 3 aromatic rings. The van der Waals surface area contributed by atoms with E-state index >= 15 is 0 Å². The molecule has 0 fully saturated rings. The molecule has 2 amide bonds. The Morgan fingerprint density at radius 2 is 1.55 bits per heavy atom. The van der Waals surface area contributed by atoms with Crippen molar-refractivity contribution in [1.29, 1.82) is 0 Å². The third-order valence-corrected chi connectivity index (χ3v) is 9.56. The van der Waals surface area contributed by atoms with Gasteiger partial charge in [0.25, 0.3) is 10.0 Å². The molecule has 1 unspecified atom stereocenters. The quantitative estimate of drug-likeness (QED) is 0.213. The second-order valence-corrected chi connectivity index (χ2v) is 13.1. The summed E-state index contributed by atoms with van der Waals surface area (Å²) in [7, 11) is -4.59. The molecule has 44 heavy (non-hydrogen) atoms. The van der Waals surface area contributed by atoms with Gasteiger partial charge in [-0.2, -0.15) is 13.2 Å². The molecule has 0 aliphatic heterocycles. The molecule has 14 heteroatoms. The summed E-state index contributed by atoms with van der Waals surface area (Å²) >= 11 is 18.0. The number of anilines is 1. The lowest BCUT2D eigenvalue weighted by Gasteiger charge is -2.33. The first kappa shape index (κ1) is 35.5. The lowest BCUT2D eigenvalue weighted by Crippen LogP contribution is -2.52. The van der Waals surface area contributed by atoms with Crippen LogP contribution in [0.3, 0.4) is 0 Å². The van der Waals surface area contributed by atoms with Crippen LogP contribution in [0.2, 0.25) is 15.1 Å². The van der Waals surface area contributed by atoms with Gasteiger partial charge < -0.3 is 10.2 Å². The van der Waals surface area contributed by atoms with Crippen LogP contribution in [-0.4, -0.2) is 44.3 Å². The average Bonchev–Trinajstić information content (AvgIpc) is 2.96. The number of nitrogens with one attached hydrogen (secondary N) is 1.